The van der Waals surface area contributed by atoms with Gasteiger partial charge in [0.05, 0.1) is 30.7 Å². The van der Waals surface area contributed by atoms with Gasteiger partial charge in [0.25, 0.3) is 0 Å². The van der Waals surface area contributed by atoms with E-state index < -0.39 is 5.97 Å². The van der Waals surface area contributed by atoms with Gasteiger partial charge in [-0.05, 0) is 13.8 Å². The summed E-state index contributed by atoms with van der Waals surface area (Å²) in [7, 11) is 1.30. The van der Waals surface area contributed by atoms with Gasteiger partial charge < -0.3 is 15.2 Å². The average Bonchev–Trinajstić information content (AvgIpc) is 2.19. The maximum absolute atomic E-state index is 11.3. The highest BCUT2D eigenvalue weighted by molar-refractivity contribution is 5.95. The molecule has 2 N–H and O–H groups in total. The van der Waals surface area contributed by atoms with Crippen LogP contribution in [-0.2, 0) is 4.74 Å². The summed E-state index contributed by atoms with van der Waals surface area (Å²) in [5, 5.41) is 0. The second-order valence-corrected chi connectivity index (χ2v) is 3.27. The van der Waals surface area contributed by atoms with Gasteiger partial charge in [-0.3, -0.25) is 0 Å². The molecule has 0 aliphatic heterocycles. The van der Waals surface area contributed by atoms with Gasteiger partial charge in [-0.25, -0.2) is 9.78 Å². The summed E-state index contributed by atoms with van der Waals surface area (Å²) in [6.07, 6.45) is 1.37. The van der Waals surface area contributed by atoms with Crippen LogP contribution in [-0.4, -0.2) is 24.2 Å². The molecule has 0 spiro atoms. The van der Waals surface area contributed by atoms with Crippen LogP contribution in [0.1, 0.15) is 24.2 Å². The largest absolute Gasteiger partial charge is 0.475 e. The van der Waals surface area contributed by atoms with Crippen LogP contribution >= 0.6 is 0 Å². The molecule has 0 saturated heterocycles. The van der Waals surface area contributed by atoms with Crippen molar-refractivity contribution in [2.75, 3.05) is 12.8 Å². The fourth-order valence-electron chi connectivity index (χ4n) is 1.04. The molecule has 82 valence electrons. The highest BCUT2D eigenvalue weighted by Crippen LogP contribution is 2.18. The number of nitrogen functional groups attached to an aromatic ring is 1. The van der Waals surface area contributed by atoms with Crippen molar-refractivity contribution in [3.05, 3.63) is 17.8 Å². The van der Waals surface area contributed by atoms with Crippen LogP contribution < -0.4 is 10.5 Å². The van der Waals surface area contributed by atoms with Gasteiger partial charge in [0, 0.05) is 6.07 Å². The monoisotopic (exact) mass is 210 g/mol. The third-order valence-corrected chi connectivity index (χ3v) is 1.67. The van der Waals surface area contributed by atoms with E-state index in [0.29, 0.717) is 5.88 Å². The number of ether oxygens (including phenoxy) is 2. The van der Waals surface area contributed by atoms with Crippen molar-refractivity contribution < 1.29 is 14.3 Å². The first-order valence-electron chi connectivity index (χ1n) is 4.55. The number of rotatable bonds is 3. The van der Waals surface area contributed by atoms with E-state index in [-0.39, 0.29) is 17.4 Å². The molecule has 5 nitrogen and oxygen atoms in total. The second kappa shape index (κ2) is 4.63. The molecular formula is C10H14N2O3. The highest BCUT2D eigenvalue weighted by Gasteiger charge is 2.12. The number of carbonyl (C=O) groups is 1. The van der Waals surface area contributed by atoms with Crippen LogP contribution in [0.15, 0.2) is 12.3 Å². The molecule has 0 fully saturated rings. The quantitative estimate of drug-likeness (QED) is 0.759. The number of carbonyl (C=O) groups excluding carboxylic acids is 1. The number of aromatic nitrogens is 1. The Balaban J connectivity index is 3.00. The predicted octanol–water partition coefficient (Wildman–Crippen LogP) is 1.24. The van der Waals surface area contributed by atoms with E-state index in [0.717, 1.165) is 0 Å². The number of pyridine rings is 1. The number of esters is 1. The fourth-order valence-corrected chi connectivity index (χ4v) is 1.04. The lowest BCUT2D eigenvalue weighted by Crippen LogP contribution is -2.10. The van der Waals surface area contributed by atoms with Crippen LogP contribution in [0.25, 0.3) is 0 Å². The van der Waals surface area contributed by atoms with E-state index in [2.05, 4.69) is 9.72 Å². The standard InChI is InChI=1S/C10H14N2O3/c1-6(2)15-9-4-7(10(13)14-3)8(11)5-12-9/h4-6H,11H2,1-3H3. The van der Waals surface area contributed by atoms with Crippen LogP contribution in [0.2, 0.25) is 0 Å². The van der Waals surface area contributed by atoms with E-state index in [1.54, 1.807) is 0 Å². The van der Waals surface area contributed by atoms with E-state index in [1.165, 1.54) is 19.4 Å². The van der Waals surface area contributed by atoms with Gasteiger partial charge in [0.1, 0.15) is 0 Å². The maximum atomic E-state index is 11.3. The minimum absolute atomic E-state index is 0.00776. The lowest BCUT2D eigenvalue weighted by molar-refractivity contribution is 0.0601. The van der Waals surface area contributed by atoms with Gasteiger partial charge in [0.15, 0.2) is 0 Å². The molecule has 0 atom stereocenters. The Kier molecular flexibility index (Phi) is 3.49. The predicted molar refractivity (Wildman–Crippen MR) is 55.8 cm³/mol. The van der Waals surface area contributed by atoms with E-state index in [1.807, 2.05) is 13.8 Å². The molecule has 1 rings (SSSR count). The molecule has 1 aromatic rings. The zero-order chi connectivity index (χ0) is 11.4. The third kappa shape index (κ3) is 2.83. The van der Waals surface area contributed by atoms with E-state index in [9.17, 15) is 4.79 Å². The van der Waals surface area contributed by atoms with Crippen LogP contribution in [0, 0.1) is 0 Å². The zero-order valence-electron chi connectivity index (χ0n) is 8.98. The molecule has 0 aliphatic carbocycles. The Morgan fingerprint density at radius 2 is 2.20 bits per heavy atom. The molecule has 0 bridgehead atoms. The molecule has 1 aromatic heterocycles. The van der Waals surface area contributed by atoms with Crippen molar-refractivity contribution in [1.82, 2.24) is 4.98 Å². The van der Waals surface area contributed by atoms with Crippen molar-refractivity contribution in [3.63, 3.8) is 0 Å². The van der Waals surface area contributed by atoms with Gasteiger partial charge in [-0.2, -0.15) is 0 Å². The Labute approximate surface area is 88.2 Å². The van der Waals surface area contributed by atoms with Crippen molar-refractivity contribution >= 4 is 11.7 Å². The normalized spacial score (nSPS) is 10.1. The van der Waals surface area contributed by atoms with E-state index >= 15 is 0 Å². The second-order valence-electron chi connectivity index (χ2n) is 3.27. The summed E-state index contributed by atoms with van der Waals surface area (Å²) >= 11 is 0. The molecule has 0 radical (unpaired) electrons. The smallest absolute Gasteiger partial charge is 0.340 e. The number of hydrogen-bond donors (Lipinski definition) is 1. The van der Waals surface area contributed by atoms with Crippen LogP contribution in [0.4, 0.5) is 5.69 Å². The Bertz CT molecular complexity index is 364. The first-order valence-corrected chi connectivity index (χ1v) is 4.55. The van der Waals surface area contributed by atoms with Crippen molar-refractivity contribution in [3.8, 4) is 5.88 Å². The molecule has 1 heterocycles. The molecule has 15 heavy (non-hydrogen) atoms. The Morgan fingerprint density at radius 3 is 2.73 bits per heavy atom. The van der Waals surface area contributed by atoms with Crippen molar-refractivity contribution in [2.45, 2.75) is 20.0 Å². The summed E-state index contributed by atoms with van der Waals surface area (Å²) in [6, 6.07) is 1.47. The number of methoxy groups -OCH3 is 1. The molecule has 0 aliphatic rings. The SMILES string of the molecule is COC(=O)c1cc(OC(C)C)ncc1N. The molecule has 0 amide bonds. The van der Waals surface area contributed by atoms with Gasteiger partial charge in [0.2, 0.25) is 5.88 Å². The van der Waals surface area contributed by atoms with E-state index in [4.69, 9.17) is 10.5 Å². The Hall–Kier alpha value is -1.78. The van der Waals surface area contributed by atoms with Gasteiger partial charge in [-0.15, -0.1) is 0 Å². The topological polar surface area (TPSA) is 74.4 Å². The summed E-state index contributed by atoms with van der Waals surface area (Å²) < 4.78 is 9.90. The lowest BCUT2D eigenvalue weighted by atomic mass is 10.2. The first kappa shape index (κ1) is 11.3. The fraction of sp³-hybridized carbons (Fsp3) is 0.400. The van der Waals surface area contributed by atoms with Gasteiger partial charge >= 0.3 is 5.97 Å². The summed E-state index contributed by atoms with van der Waals surface area (Å²) in [5.41, 5.74) is 6.12. The lowest BCUT2D eigenvalue weighted by Gasteiger charge is -2.10. The molecule has 0 saturated carbocycles. The minimum atomic E-state index is -0.497. The number of hydrogen-bond acceptors (Lipinski definition) is 5. The number of nitrogens with zero attached hydrogens (tertiary/aromatic N) is 1. The van der Waals surface area contributed by atoms with Crippen molar-refractivity contribution in [1.29, 1.82) is 0 Å². The Morgan fingerprint density at radius 1 is 1.53 bits per heavy atom. The zero-order valence-corrected chi connectivity index (χ0v) is 8.98. The summed E-state index contributed by atoms with van der Waals surface area (Å²) in [6.45, 7) is 3.74. The van der Waals surface area contributed by atoms with Crippen LogP contribution in [0.5, 0.6) is 5.88 Å². The summed E-state index contributed by atoms with van der Waals surface area (Å²) in [4.78, 5) is 15.2. The van der Waals surface area contributed by atoms with Crippen molar-refractivity contribution in [2.24, 2.45) is 0 Å². The third-order valence-electron chi connectivity index (χ3n) is 1.67. The molecular weight excluding hydrogens is 196 g/mol. The molecule has 0 aromatic carbocycles. The maximum Gasteiger partial charge on any atom is 0.340 e. The molecule has 0 unspecified atom stereocenters. The first-order chi connectivity index (χ1) is 7.04. The van der Waals surface area contributed by atoms with Crippen LogP contribution in [0.3, 0.4) is 0 Å². The summed E-state index contributed by atoms with van der Waals surface area (Å²) in [5.74, 6) is -0.136. The number of nitrogens with two attached hydrogens (primary N) is 1. The average molecular weight is 210 g/mol. The number of anilines is 1. The molecule has 5 heteroatoms. The highest BCUT2D eigenvalue weighted by atomic mass is 16.5. The minimum Gasteiger partial charge on any atom is -0.475 e. The van der Waals surface area contributed by atoms with Gasteiger partial charge in [-0.1, -0.05) is 0 Å².